The second-order valence-electron chi connectivity index (χ2n) is 9.84. The number of unbranched alkanes of at least 4 members (excludes halogenated alkanes) is 2. The molecule has 0 atom stereocenters. The smallest absolute Gasteiger partial charge is 0.345 e. The highest BCUT2D eigenvalue weighted by atomic mass is 16.5. The van der Waals surface area contributed by atoms with Crippen molar-refractivity contribution in [3.8, 4) is 5.88 Å². The van der Waals surface area contributed by atoms with E-state index in [4.69, 9.17) is 9.84 Å². The molecular weight excluding hydrogens is 402 g/mol. The zero-order valence-corrected chi connectivity index (χ0v) is 19.7. The van der Waals surface area contributed by atoms with E-state index in [2.05, 4.69) is 57.8 Å². The van der Waals surface area contributed by atoms with Gasteiger partial charge in [0.05, 0.1) is 11.1 Å². The molecule has 0 spiro atoms. The molecule has 1 aliphatic rings. The van der Waals surface area contributed by atoms with Gasteiger partial charge in [0.25, 0.3) is 0 Å². The molecule has 1 heterocycles. The molecule has 32 heavy (non-hydrogen) atoms. The number of pyridine rings is 1. The molecule has 3 rings (SSSR count). The van der Waals surface area contributed by atoms with Crippen molar-refractivity contribution < 1.29 is 19.4 Å². The van der Waals surface area contributed by atoms with Gasteiger partial charge in [0, 0.05) is 12.3 Å². The number of aromatic nitrogens is 1. The van der Waals surface area contributed by atoms with Crippen LogP contribution in [0.2, 0.25) is 0 Å². The van der Waals surface area contributed by atoms with Crippen molar-refractivity contribution in [2.24, 2.45) is 0 Å². The molecule has 1 aromatic heterocycles. The minimum Gasteiger partial charge on any atom is -0.478 e. The maximum atomic E-state index is 13.2. The Bertz CT molecular complexity index is 1030. The number of hydrogen-bond acceptors (Lipinski definition) is 4. The third-order valence-corrected chi connectivity index (χ3v) is 6.44. The zero-order valence-electron chi connectivity index (χ0n) is 19.7. The summed E-state index contributed by atoms with van der Waals surface area (Å²) in [7, 11) is 0. The molecular formula is C27H33NO4. The molecule has 1 aliphatic carbocycles. The predicted octanol–water partition coefficient (Wildman–Crippen LogP) is 6.55. The van der Waals surface area contributed by atoms with Crippen LogP contribution in [0.1, 0.15) is 104 Å². The highest BCUT2D eigenvalue weighted by Gasteiger charge is 2.39. The Hall–Kier alpha value is -2.95. The lowest BCUT2D eigenvalue weighted by Gasteiger charge is -2.43. The largest absolute Gasteiger partial charge is 0.478 e. The average molecular weight is 436 g/mol. The third kappa shape index (κ3) is 4.93. The minimum absolute atomic E-state index is 0.0352. The molecule has 5 heteroatoms. The summed E-state index contributed by atoms with van der Waals surface area (Å²) in [6.45, 7) is 11.2. The van der Waals surface area contributed by atoms with E-state index in [0.717, 1.165) is 37.7 Å². The molecule has 0 saturated carbocycles. The summed E-state index contributed by atoms with van der Waals surface area (Å²) in [4.78, 5) is 28.2. The van der Waals surface area contributed by atoms with Crippen molar-refractivity contribution in [2.45, 2.75) is 77.6 Å². The van der Waals surface area contributed by atoms with Gasteiger partial charge in [-0.2, -0.15) is 0 Å². The Morgan fingerprint density at radius 1 is 1.09 bits per heavy atom. The monoisotopic (exact) mass is 435 g/mol. The number of carboxylic acid groups (broad SMARTS) is 1. The number of ether oxygens (including phenoxy) is 1. The molecule has 1 aromatic carbocycles. The van der Waals surface area contributed by atoms with Crippen molar-refractivity contribution in [2.75, 3.05) is 0 Å². The summed E-state index contributed by atoms with van der Waals surface area (Å²) in [5.74, 6) is -1.48. The lowest BCUT2D eigenvalue weighted by atomic mass is 9.61. The van der Waals surface area contributed by atoms with Gasteiger partial charge < -0.3 is 9.84 Å². The summed E-state index contributed by atoms with van der Waals surface area (Å²) in [5.41, 5.74) is 3.94. The number of carbonyl (C=O) groups excluding carboxylic acids is 1. The molecule has 0 amide bonds. The van der Waals surface area contributed by atoms with Gasteiger partial charge in [-0.1, -0.05) is 65.7 Å². The SMILES string of the molecule is CCCC/C=C\c1c(C(=O)Oc2ccc(C(=O)O)cn2)ccc2c1C(C)(C)CCC2(C)C. The van der Waals surface area contributed by atoms with Crippen LogP contribution in [0.25, 0.3) is 6.08 Å². The Balaban J connectivity index is 2.05. The second-order valence-corrected chi connectivity index (χ2v) is 9.84. The van der Waals surface area contributed by atoms with E-state index in [1.165, 1.54) is 29.5 Å². The fraction of sp³-hybridized carbons (Fsp3) is 0.444. The first-order chi connectivity index (χ1) is 15.1. The number of esters is 1. The van der Waals surface area contributed by atoms with Crippen molar-refractivity contribution in [1.82, 2.24) is 4.98 Å². The van der Waals surface area contributed by atoms with E-state index in [1.807, 2.05) is 6.07 Å². The number of aromatic carboxylic acids is 1. The Morgan fingerprint density at radius 3 is 2.44 bits per heavy atom. The molecule has 0 fully saturated rings. The van der Waals surface area contributed by atoms with E-state index >= 15 is 0 Å². The van der Waals surface area contributed by atoms with Crippen LogP contribution < -0.4 is 4.74 Å². The number of carbonyl (C=O) groups is 2. The molecule has 0 aliphatic heterocycles. The average Bonchev–Trinajstić information content (AvgIpc) is 2.74. The van der Waals surface area contributed by atoms with Crippen molar-refractivity contribution in [1.29, 1.82) is 0 Å². The number of allylic oxidation sites excluding steroid dienone is 1. The van der Waals surface area contributed by atoms with E-state index in [9.17, 15) is 9.59 Å². The molecule has 5 nitrogen and oxygen atoms in total. The number of nitrogens with zero attached hydrogens (tertiary/aromatic N) is 1. The molecule has 2 aromatic rings. The summed E-state index contributed by atoms with van der Waals surface area (Å²) in [6, 6.07) is 6.71. The number of rotatable bonds is 7. The molecule has 0 saturated heterocycles. The lowest BCUT2D eigenvalue weighted by molar-refractivity contribution is 0.0696. The molecule has 1 N–H and O–H groups in total. The van der Waals surface area contributed by atoms with E-state index in [1.54, 1.807) is 0 Å². The maximum absolute atomic E-state index is 13.2. The highest BCUT2D eigenvalue weighted by Crippen LogP contribution is 2.48. The summed E-state index contributed by atoms with van der Waals surface area (Å²) in [6.07, 6.45) is 10.7. The van der Waals surface area contributed by atoms with Crippen LogP contribution in [0.15, 0.2) is 36.5 Å². The third-order valence-electron chi connectivity index (χ3n) is 6.44. The number of hydrogen-bond donors (Lipinski definition) is 1. The normalized spacial score (nSPS) is 16.5. The van der Waals surface area contributed by atoms with Crippen LogP contribution in [0.4, 0.5) is 0 Å². The van der Waals surface area contributed by atoms with Gasteiger partial charge >= 0.3 is 11.9 Å². The van der Waals surface area contributed by atoms with Gasteiger partial charge in [-0.15, -0.1) is 0 Å². The van der Waals surface area contributed by atoms with Crippen molar-refractivity contribution in [3.63, 3.8) is 0 Å². The predicted molar refractivity (Wildman–Crippen MR) is 126 cm³/mol. The zero-order chi connectivity index (χ0) is 23.5. The number of fused-ring (bicyclic) bond motifs is 1. The second kappa shape index (κ2) is 9.27. The molecule has 0 unspecified atom stereocenters. The lowest BCUT2D eigenvalue weighted by Crippen LogP contribution is -2.35. The molecule has 170 valence electrons. The van der Waals surface area contributed by atoms with E-state index in [0.29, 0.717) is 5.56 Å². The van der Waals surface area contributed by atoms with Gasteiger partial charge in [0.15, 0.2) is 0 Å². The quantitative estimate of drug-likeness (QED) is 0.394. The van der Waals surface area contributed by atoms with Gasteiger partial charge in [-0.3, -0.25) is 0 Å². The van der Waals surface area contributed by atoms with Gasteiger partial charge in [-0.05, 0) is 58.9 Å². The van der Waals surface area contributed by atoms with Crippen LogP contribution in [-0.4, -0.2) is 22.0 Å². The Kier molecular flexibility index (Phi) is 6.87. The Morgan fingerprint density at radius 2 is 1.81 bits per heavy atom. The highest BCUT2D eigenvalue weighted by molar-refractivity contribution is 5.96. The maximum Gasteiger partial charge on any atom is 0.345 e. The van der Waals surface area contributed by atoms with Crippen LogP contribution in [0, 0.1) is 0 Å². The topological polar surface area (TPSA) is 76.5 Å². The fourth-order valence-electron chi connectivity index (χ4n) is 4.39. The van der Waals surface area contributed by atoms with Crippen molar-refractivity contribution >= 4 is 18.0 Å². The van der Waals surface area contributed by atoms with Gasteiger partial charge in [0.1, 0.15) is 0 Å². The van der Waals surface area contributed by atoms with Crippen LogP contribution >= 0.6 is 0 Å². The first-order valence-corrected chi connectivity index (χ1v) is 11.3. The summed E-state index contributed by atoms with van der Waals surface area (Å²) < 4.78 is 5.54. The van der Waals surface area contributed by atoms with Crippen LogP contribution in [-0.2, 0) is 10.8 Å². The molecule has 0 bridgehead atoms. The Labute approximate surface area is 190 Å². The first-order valence-electron chi connectivity index (χ1n) is 11.3. The van der Waals surface area contributed by atoms with Crippen molar-refractivity contribution in [3.05, 3.63) is 64.4 Å². The minimum atomic E-state index is -1.07. The van der Waals surface area contributed by atoms with Gasteiger partial charge in [0.2, 0.25) is 5.88 Å². The van der Waals surface area contributed by atoms with Crippen LogP contribution in [0.3, 0.4) is 0 Å². The summed E-state index contributed by atoms with van der Waals surface area (Å²) in [5, 5.41) is 9.04. The standard InChI is InChI=1S/C27H33NO4/c1-6-7-8-9-10-19-20(25(31)32-22-14-11-18(17-28-22)24(29)30)12-13-21-23(19)27(4,5)16-15-26(21,2)3/h9-14,17H,6-8,15-16H2,1-5H3,(H,29,30)/b10-9-. The first kappa shape index (κ1) is 23.7. The van der Waals surface area contributed by atoms with Gasteiger partial charge in [-0.25, -0.2) is 14.6 Å². The fourth-order valence-corrected chi connectivity index (χ4v) is 4.39. The number of benzene rings is 1. The molecule has 0 radical (unpaired) electrons. The number of carboxylic acids is 1. The van der Waals surface area contributed by atoms with E-state index < -0.39 is 11.9 Å². The van der Waals surface area contributed by atoms with Crippen LogP contribution in [0.5, 0.6) is 5.88 Å². The summed E-state index contributed by atoms with van der Waals surface area (Å²) >= 11 is 0. The van der Waals surface area contributed by atoms with E-state index in [-0.39, 0.29) is 22.3 Å².